The summed E-state index contributed by atoms with van der Waals surface area (Å²) >= 11 is 9.74. The lowest BCUT2D eigenvalue weighted by Crippen LogP contribution is -2.15. The highest BCUT2D eigenvalue weighted by molar-refractivity contribution is 9.10. The van der Waals surface area contributed by atoms with Gasteiger partial charge in [-0.1, -0.05) is 41.1 Å². The second-order valence-electron chi connectivity index (χ2n) is 4.92. The number of halogens is 2. The molecule has 0 bridgehead atoms. The van der Waals surface area contributed by atoms with Crippen LogP contribution >= 0.6 is 27.5 Å². The van der Waals surface area contributed by atoms with E-state index in [-0.39, 0.29) is 0 Å². The molecule has 1 aromatic carbocycles. The van der Waals surface area contributed by atoms with Crippen LogP contribution in [-0.2, 0) is 19.4 Å². The van der Waals surface area contributed by atoms with Crippen molar-refractivity contribution in [3.8, 4) is 0 Å². The lowest BCUT2D eigenvalue weighted by Gasteiger charge is -2.15. The monoisotopic (exact) mass is 355 g/mol. The molecule has 0 aliphatic heterocycles. The van der Waals surface area contributed by atoms with Crippen molar-refractivity contribution < 1.29 is 0 Å². The highest BCUT2D eigenvalue weighted by Gasteiger charge is 2.15. The van der Waals surface area contributed by atoms with Crippen molar-refractivity contribution >= 4 is 27.5 Å². The van der Waals surface area contributed by atoms with Gasteiger partial charge in [0.1, 0.15) is 12.2 Å². The molecule has 1 heterocycles. The zero-order chi connectivity index (χ0) is 14.4. The molecule has 1 unspecified atom stereocenters. The molecule has 2 aromatic rings. The van der Waals surface area contributed by atoms with E-state index in [0.717, 1.165) is 36.1 Å². The van der Waals surface area contributed by atoms with Crippen LogP contribution in [0, 0.1) is 5.92 Å². The third kappa shape index (κ3) is 4.06. The minimum atomic E-state index is 0.371. The smallest absolute Gasteiger partial charge is 0.138 e. The van der Waals surface area contributed by atoms with E-state index in [2.05, 4.69) is 51.1 Å². The zero-order valence-corrected chi connectivity index (χ0v) is 13.9. The van der Waals surface area contributed by atoms with Gasteiger partial charge in [0.05, 0.1) is 0 Å². The second-order valence-corrected chi connectivity index (χ2v) is 6.08. The fraction of sp³-hybridized carbons (Fsp3) is 0.467. The van der Waals surface area contributed by atoms with E-state index < -0.39 is 0 Å². The van der Waals surface area contributed by atoms with E-state index in [1.54, 1.807) is 6.33 Å². The van der Waals surface area contributed by atoms with E-state index >= 15 is 0 Å². The van der Waals surface area contributed by atoms with E-state index in [4.69, 9.17) is 11.6 Å². The standard InChI is InChI=1S/C15H19BrClN3/c1-2-7-20-15(18-11-19-20)9-12(10-17)8-13-5-3-4-6-14(13)16/h3-6,11-12H,2,7-10H2,1H3. The van der Waals surface area contributed by atoms with Crippen LogP contribution in [0.1, 0.15) is 24.7 Å². The first-order valence-electron chi connectivity index (χ1n) is 6.90. The molecule has 3 nitrogen and oxygen atoms in total. The third-order valence-corrected chi connectivity index (χ3v) is 4.50. The second kappa shape index (κ2) is 7.79. The molecule has 0 aliphatic rings. The van der Waals surface area contributed by atoms with Gasteiger partial charge < -0.3 is 0 Å². The van der Waals surface area contributed by atoms with Crippen molar-refractivity contribution in [3.05, 3.63) is 46.5 Å². The molecule has 1 atom stereocenters. The first-order chi connectivity index (χ1) is 9.74. The van der Waals surface area contributed by atoms with Crippen LogP contribution in [0.3, 0.4) is 0 Å². The molecule has 0 radical (unpaired) electrons. The van der Waals surface area contributed by atoms with Gasteiger partial charge in [-0.25, -0.2) is 4.98 Å². The molecule has 0 aliphatic carbocycles. The molecule has 5 heteroatoms. The van der Waals surface area contributed by atoms with E-state index in [0.29, 0.717) is 11.8 Å². The van der Waals surface area contributed by atoms with Crippen molar-refractivity contribution in [2.24, 2.45) is 5.92 Å². The van der Waals surface area contributed by atoms with Gasteiger partial charge >= 0.3 is 0 Å². The summed E-state index contributed by atoms with van der Waals surface area (Å²) in [5.74, 6) is 2.03. The molecular weight excluding hydrogens is 338 g/mol. The number of nitrogens with zero attached hydrogens (tertiary/aromatic N) is 3. The number of aryl methyl sites for hydroxylation is 1. The predicted molar refractivity (Wildman–Crippen MR) is 86.1 cm³/mol. The van der Waals surface area contributed by atoms with Crippen molar-refractivity contribution in [3.63, 3.8) is 0 Å². The Bertz CT molecular complexity index is 541. The summed E-state index contributed by atoms with van der Waals surface area (Å²) < 4.78 is 3.13. The van der Waals surface area contributed by atoms with E-state index in [1.807, 2.05) is 10.7 Å². The summed E-state index contributed by atoms with van der Waals surface area (Å²) in [5, 5.41) is 4.27. The normalized spacial score (nSPS) is 12.6. The summed E-state index contributed by atoms with van der Waals surface area (Å²) in [6, 6.07) is 8.30. The molecule has 0 amide bonds. The van der Waals surface area contributed by atoms with Crippen LogP contribution in [0.4, 0.5) is 0 Å². The molecule has 0 saturated carbocycles. The first kappa shape index (κ1) is 15.5. The van der Waals surface area contributed by atoms with Crippen LogP contribution in [0.25, 0.3) is 0 Å². The van der Waals surface area contributed by atoms with Crippen molar-refractivity contribution in [1.82, 2.24) is 14.8 Å². The maximum Gasteiger partial charge on any atom is 0.138 e. The van der Waals surface area contributed by atoms with Crippen LogP contribution in [0.15, 0.2) is 35.1 Å². The average molecular weight is 357 g/mol. The molecule has 1 aromatic heterocycles. The molecular formula is C15H19BrClN3. The average Bonchev–Trinajstić information content (AvgIpc) is 2.88. The van der Waals surface area contributed by atoms with Gasteiger partial charge in [-0.05, 0) is 30.4 Å². The van der Waals surface area contributed by atoms with Gasteiger partial charge in [-0.3, -0.25) is 4.68 Å². The van der Waals surface area contributed by atoms with E-state index in [9.17, 15) is 0 Å². The largest absolute Gasteiger partial charge is 0.250 e. The zero-order valence-electron chi connectivity index (χ0n) is 11.6. The number of rotatable bonds is 7. The van der Waals surface area contributed by atoms with Gasteiger partial charge in [-0.15, -0.1) is 11.6 Å². The van der Waals surface area contributed by atoms with Crippen molar-refractivity contribution in [2.45, 2.75) is 32.7 Å². The SMILES string of the molecule is CCCn1ncnc1CC(CCl)Cc1ccccc1Br. The quantitative estimate of drug-likeness (QED) is 0.700. The minimum Gasteiger partial charge on any atom is -0.250 e. The molecule has 0 saturated heterocycles. The minimum absolute atomic E-state index is 0.371. The number of alkyl halides is 1. The Kier molecular flexibility index (Phi) is 6.05. The Morgan fingerprint density at radius 2 is 2.10 bits per heavy atom. The maximum atomic E-state index is 6.14. The number of hydrogen-bond acceptors (Lipinski definition) is 2. The Morgan fingerprint density at radius 3 is 2.80 bits per heavy atom. The van der Waals surface area contributed by atoms with Gasteiger partial charge in [0, 0.05) is 23.3 Å². The van der Waals surface area contributed by atoms with Gasteiger partial charge in [0.15, 0.2) is 0 Å². The summed E-state index contributed by atoms with van der Waals surface area (Å²) in [4.78, 5) is 4.37. The number of hydrogen-bond donors (Lipinski definition) is 0. The topological polar surface area (TPSA) is 30.7 Å². The highest BCUT2D eigenvalue weighted by atomic mass is 79.9. The summed E-state index contributed by atoms with van der Waals surface area (Å²) in [6.07, 6.45) is 4.51. The van der Waals surface area contributed by atoms with E-state index in [1.165, 1.54) is 5.56 Å². The van der Waals surface area contributed by atoms with Crippen LogP contribution in [0.5, 0.6) is 0 Å². The van der Waals surface area contributed by atoms with Crippen molar-refractivity contribution in [2.75, 3.05) is 5.88 Å². The van der Waals surface area contributed by atoms with Gasteiger partial charge in [0.2, 0.25) is 0 Å². The lowest BCUT2D eigenvalue weighted by atomic mass is 9.97. The number of benzene rings is 1. The van der Waals surface area contributed by atoms with Crippen molar-refractivity contribution in [1.29, 1.82) is 0 Å². The molecule has 20 heavy (non-hydrogen) atoms. The fourth-order valence-electron chi connectivity index (χ4n) is 2.26. The Balaban J connectivity index is 2.05. The molecule has 2 rings (SSSR count). The molecule has 0 spiro atoms. The predicted octanol–water partition coefficient (Wildman–Crippen LogP) is 4.09. The number of aromatic nitrogens is 3. The Labute approximate surface area is 133 Å². The summed E-state index contributed by atoms with van der Waals surface area (Å²) in [7, 11) is 0. The Morgan fingerprint density at radius 1 is 1.30 bits per heavy atom. The first-order valence-corrected chi connectivity index (χ1v) is 8.23. The lowest BCUT2D eigenvalue weighted by molar-refractivity contribution is 0.508. The maximum absolute atomic E-state index is 6.14. The summed E-state index contributed by atoms with van der Waals surface area (Å²) in [6.45, 7) is 3.06. The van der Waals surface area contributed by atoms with Crippen LogP contribution in [-0.4, -0.2) is 20.6 Å². The fourth-order valence-corrected chi connectivity index (χ4v) is 2.92. The van der Waals surface area contributed by atoms with Gasteiger partial charge in [0.25, 0.3) is 0 Å². The molecule has 0 N–H and O–H groups in total. The van der Waals surface area contributed by atoms with Crippen LogP contribution < -0.4 is 0 Å². The highest BCUT2D eigenvalue weighted by Crippen LogP contribution is 2.22. The van der Waals surface area contributed by atoms with Crippen LogP contribution in [0.2, 0.25) is 0 Å². The Hall–Kier alpha value is -0.870. The third-order valence-electron chi connectivity index (χ3n) is 3.29. The molecule has 108 valence electrons. The molecule has 0 fully saturated rings. The summed E-state index contributed by atoms with van der Waals surface area (Å²) in [5.41, 5.74) is 1.29. The van der Waals surface area contributed by atoms with Gasteiger partial charge in [-0.2, -0.15) is 5.10 Å².